The number of hydrogen-bond acceptors (Lipinski definition) is 3. The fourth-order valence-electron chi connectivity index (χ4n) is 2.47. The van der Waals surface area contributed by atoms with E-state index in [1.54, 1.807) is 0 Å². The van der Waals surface area contributed by atoms with Crippen molar-refractivity contribution in [2.75, 3.05) is 0 Å². The summed E-state index contributed by atoms with van der Waals surface area (Å²) in [6.07, 6.45) is 4.32. The first kappa shape index (κ1) is 9.85. The summed E-state index contributed by atoms with van der Waals surface area (Å²) in [5, 5.41) is 0. The fraction of sp³-hybridized carbons (Fsp3) is 0.462. The second-order valence-electron chi connectivity index (χ2n) is 4.85. The Labute approximate surface area is 94.7 Å². The summed E-state index contributed by atoms with van der Waals surface area (Å²) in [7, 11) is 0. The maximum absolute atomic E-state index is 6.33. The molecule has 3 heteroatoms. The zero-order valence-corrected chi connectivity index (χ0v) is 9.49. The Balaban J connectivity index is 2.11. The number of aryl methyl sites for hydroxylation is 1. The summed E-state index contributed by atoms with van der Waals surface area (Å²) in [4.78, 5) is 4.54. The van der Waals surface area contributed by atoms with Crippen molar-refractivity contribution in [2.45, 2.75) is 38.1 Å². The molecular formula is C13H16N2O. The Hall–Kier alpha value is -1.35. The van der Waals surface area contributed by atoms with Crippen LogP contribution in [0.15, 0.2) is 22.6 Å². The second-order valence-corrected chi connectivity index (χ2v) is 4.85. The van der Waals surface area contributed by atoms with Crippen LogP contribution in [0.1, 0.15) is 37.1 Å². The number of rotatable bonds is 1. The molecule has 84 valence electrons. The number of oxazole rings is 1. The lowest BCUT2D eigenvalue weighted by Crippen LogP contribution is -2.33. The molecule has 3 rings (SSSR count). The molecule has 0 atom stereocenters. The topological polar surface area (TPSA) is 52.0 Å². The van der Waals surface area contributed by atoms with Gasteiger partial charge in [0.05, 0.1) is 5.54 Å². The second kappa shape index (κ2) is 3.32. The summed E-state index contributed by atoms with van der Waals surface area (Å²) in [5.74, 6) is 0.714. The Bertz CT molecular complexity index is 524. The maximum atomic E-state index is 6.33. The fourth-order valence-corrected chi connectivity index (χ4v) is 2.47. The molecule has 3 nitrogen and oxygen atoms in total. The van der Waals surface area contributed by atoms with Crippen LogP contribution in [0.5, 0.6) is 0 Å². The molecular weight excluding hydrogens is 200 g/mol. The molecule has 1 heterocycles. The highest BCUT2D eigenvalue weighted by Gasteiger charge is 2.36. The number of hydrogen-bond donors (Lipinski definition) is 1. The van der Waals surface area contributed by atoms with Crippen LogP contribution in [0, 0.1) is 6.92 Å². The molecule has 0 radical (unpaired) electrons. The van der Waals surface area contributed by atoms with Gasteiger partial charge in [0, 0.05) is 0 Å². The summed E-state index contributed by atoms with van der Waals surface area (Å²) in [5.41, 5.74) is 8.97. The zero-order valence-electron chi connectivity index (χ0n) is 9.49. The summed E-state index contributed by atoms with van der Waals surface area (Å²) >= 11 is 0. The lowest BCUT2D eigenvalue weighted by atomic mass is 10.00. The quantitative estimate of drug-likeness (QED) is 0.797. The lowest BCUT2D eigenvalue weighted by Gasteiger charge is -2.18. The molecule has 1 aliphatic rings. The average Bonchev–Trinajstić information content (AvgIpc) is 2.84. The van der Waals surface area contributed by atoms with Gasteiger partial charge < -0.3 is 10.2 Å². The van der Waals surface area contributed by atoms with Gasteiger partial charge in [0.15, 0.2) is 5.58 Å². The minimum absolute atomic E-state index is 0.326. The van der Waals surface area contributed by atoms with E-state index in [1.807, 2.05) is 18.2 Å². The Morgan fingerprint density at radius 3 is 2.81 bits per heavy atom. The van der Waals surface area contributed by atoms with Crippen LogP contribution in [0.25, 0.3) is 11.1 Å². The van der Waals surface area contributed by atoms with Gasteiger partial charge >= 0.3 is 0 Å². The minimum atomic E-state index is -0.326. The first-order valence-electron chi connectivity index (χ1n) is 5.84. The third-order valence-electron chi connectivity index (χ3n) is 3.46. The molecule has 1 saturated carbocycles. The lowest BCUT2D eigenvalue weighted by molar-refractivity contribution is 0.346. The van der Waals surface area contributed by atoms with Crippen LogP contribution < -0.4 is 5.73 Å². The number of nitrogens with zero attached hydrogens (tertiary/aromatic N) is 1. The van der Waals surface area contributed by atoms with Gasteiger partial charge in [-0.2, -0.15) is 0 Å². The van der Waals surface area contributed by atoms with E-state index in [9.17, 15) is 0 Å². The van der Waals surface area contributed by atoms with E-state index in [-0.39, 0.29) is 5.54 Å². The highest BCUT2D eigenvalue weighted by Crippen LogP contribution is 2.37. The van der Waals surface area contributed by atoms with E-state index in [0.29, 0.717) is 5.89 Å². The number of nitrogens with two attached hydrogens (primary N) is 1. The van der Waals surface area contributed by atoms with Gasteiger partial charge in [-0.3, -0.25) is 0 Å². The van der Waals surface area contributed by atoms with Gasteiger partial charge in [0.25, 0.3) is 0 Å². The third-order valence-corrected chi connectivity index (χ3v) is 3.46. The molecule has 0 unspecified atom stereocenters. The Morgan fingerprint density at radius 2 is 2.06 bits per heavy atom. The van der Waals surface area contributed by atoms with Gasteiger partial charge in [-0.05, 0) is 37.5 Å². The van der Waals surface area contributed by atoms with Crippen LogP contribution in [0.4, 0.5) is 0 Å². The first-order valence-corrected chi connectivity index (χ1v) is 5.84. The smallest absolute Gasteiger partial charge is 0.215 e. The van der Waals surface area contributed by atoms with E-state index in [2.05, 4.69) is 11.9 Å². The van der Waals surface area contributed by atoms with Crippen LogP contribution in [0.2, 0.25) is 0 Å². The summed E-state index contributed by atoms with van der Waals surface area (Å²) in [6, 6.07) is 6.05. The molecule has 0 bridgehead atoms. The molecule has 16 heavy (non-hydrogen) atoms. The highest BCUT2D eigenvalue weighted by molar-refractivity contribution is 5.73. The molecule has 0 saturated heterocycles. The van der Waals surface area contributed by atoms with Gasteiger partial charge in [-0.15, -0.1) is 0 Å². The van der Waals surface area contributed by atoms with Crippen molar-refractivity contribution in [3.8, 4) is 0 Å². The molecule has 1 aromatic carbocycles. The van der Waals surface area contributed by atoms with E-state index in [0.717, 1.165) is 23.9 Å². The van der Waals surface area contributed by atoms with E-state index < -0.39 is 0 Å². The van der Waals surface area contributed by atoms with Crippen molar-refractivity contribution in [3.05, 3.63) is 29.7 Å². The van der Waals surface area contributed by atoms with Crippen molar-refractivity contribution in [3.63, 3.8) is 0 Å². The molecule has 1 aliphatic carbocycles. The number of aromatic nitrogens is 1. The van der Waals surface area contributed by atoms with Crippen molar-refractivity contribution in [1.82, 2.24) is 4.98 Å². The van der Waals surface area contributed by atoms with Crippen molar-refractivity contribution in [1.29, 1.82) is 0 Å². The van der Waals surface area contributed by atoms with Crippen LogP contribution in [0.3, 0.4) is 0 Å². The van der Waals surface area contributed by atoms with Gasteiger partial charge in [0.2, 0.25) is 5.89 Å². The zero-order chi connectivity index (χ0) is 11.2. The molecule has 0 amide bonds. The Morgan fingerprint density at radius 1 is 1.31 bits per heavy atom. The van der Waals surface area contributed by atoms with Gasteiger partial charge in [-0.1, -0.05) is 18.9 Å². The molecule has 1 fully saturated rings. The monoisotopic (exact) mass is 216 g/mol. The molecule has 2 N–H and O–H groups in total. The number of fused-ring (bicyclic) bond motifs is 1. The molecule has 0 aliphatic heterocycles. The number of benzene rings is 1. The normalized spacial score (nSPS) is 19.4. The minimum Gasteiger partial charge on any atom is -0.439 e. The van der Waals surface area contributed by atoms with Crippen LogP contribution in [-0.2, 0) is 5.54 Å². The maximum Gasteiger partial charge on any atom is 0.215 e. The Kier molecular flexibility index (Phi) is 2.04. The first-order chi connectivity index (χ1) is 7.67. The standard InChI is InChI=1S/C13H16N2O/c1-9-4-5-11-10(8-9)15-12(16-11)13(14)6-2-3-7-13/h4-5,8H,2-3,6-7,14H2,1H3. The summed E-state index contributed by atoms with van der Waals surface area (Å²) in [6.45, 7) is 2.06. The summed E-state index contributed by atoms with van der Waals surface area (Å²) < 4.78 is 5.77. The average molecular weight is 216 g/mol. The molecule has 1 aromatic heterocycles. The van der Waals surface area contributed by atoms with Crippen molar-refractivity contribution in [2.24, 2.45) is 5.73 Å². The van der Waals surface area contributed by atoms with Gasteiger partial charge in [-0.25, -0.2) is 4.98 Å². The molecule has 0 spiro atoms. The SMILES string of the molecule is Cc1ccc2oc(C3(N)CCCC3)nc2c1. The van der Waals surface area contributed by atoms with E-state index in [1.165, 1.54) is 18.4 Å². The van der Waals surface area contributed by atoms with Crippen LogP contribution in [-0.4, -0.2) is 4.98 Å². The third kappa shape index (κ3) is 1.43. The van der Waals surface area contributed by atoms with Crippen LogP contribution >= 0.6 is 0 Å². The molecule has 2 aromatic rings. The largest absolute Gasteiger partial charge is 0.439 e. The predicted molar refractivity (Wildman–Crippen MR) is 63.1 cm³/mol. The highest BCUT2D eigenvalue weighted by atomic mass is 16.4. The predicted octanol–water partition coefficient (Wildman–Crippen LogP) is 2.86. The van der Waals surface area contributed by atoms with E-state index >= 15 is 0 Å². The van der Waals surface area contributed by atoms with Crippen molar-refractivity contribution >= 4 is 11.1 Å². The van der Waals surface area contributed by atoms with E-state index in [4.69, 9.17) is 10.2 Å². The van der Waals surface area contributed by atoms with Gasteiger partial charge in [0.1, 0.15) is 5.52 Å². The van der Waals surface area contributed by atoms with Crippen molar-refractivity contribution < 1.29 is 4.42 Å².